The van der Waals surface area contributed by atoms with Gasteiger partial charge in [0.25, 0.3) is 0 Å². The number of piperazine rings is 1. The number of hydrogen-bond acceptors (Lipinski definition) is 6. The third-order valence-electron chi connectivity index (χ3n) is 4.33. The fraction of sp³-hybridized carbons (Fsp3) is 0.444. The van der Waals surface area contributed by atoms with E-state index in [4.69, 9.17) is 4.74 Å². The summed E-state index contributed by atoms with van der Waals surface area (Å²) in [6.07, 6.45) is 3.84. The lowest BCUT2D eigenvalue weighted by Crippen LogP contribution is -2.45. The van der Waals surface area contributed by atoms with Crippen molar-refractivity contribution in [3.63, 3.8) is 0 Å². The molecule has 0 amide bonds. The Hall–Kier alpha value is -2.18. The zero-order valence-electron chi connectivity index (χ0n) is 14.6. The fourth-order valence-corrected chi connectivity index (χ4v) is 3.08. The lowest BCUT2D eigenvalue weighted by atomic mass is 10.0. The Morgan fingerprint density at radius 3 is 2.71 bits per heavy atom. The van der Waals surface area contributed by atoms with Gasteiger partial charge in [-0.05, 0) is 6.07 Å². The number of anilines is 1. The van der Waals surface area contributed by atoms with E-state index in [9.17, 15) is 0 Å². The van der Waals surface area contributed by atoms with E-state index in [0.717, 1.165) is 43.4 Å². The normalized spacial score (nSPS) is 18.4. The molecular weight excluding hydrogens is 302 g/mol. The quantitative estimate of drug-likeness (QED) is 0.902. The summed E-state index contributed by atoms with van der Waals surface area (Å²) in [4.78, 5) is 13.2. The summed E-state index contributed by atoms with van der Waals surface area (Å²) >= 11 is 0. The van der Waals surface area contributed by atoms with Gasteiger partial charge in [-0.25, -0.2) is 9.97 Å². The average molecular weight is 327 g/mol. The Kier molecular flexibility index (Phi) is 5.27. The Morgan fingerprint density at radius 1 is 1.25 bits per heavy atom. The summed E-state index contributed by atoms with van der Waals surface area (Å²) in [6, 6.07) is 8.53. The molecular formula is C18H25N5O. The molecule has 24 heavy (non-hydrogen) atoms. The molecule has 0 saturated carbocycles. The number of methoxy groups -OCH3 is 1. The van der Waals surface area contributed by atoms with E-state index in [1.807, 2.05) is 43.5 Å². The Bertz CT molecular complexity index is 659. The van der Waals surface area contributed by atoms with E-state index in [2.05, 4.69) is 32.3 Å². The lowest BCUT2D eigenvalue weighted by Gasteiger charge is -2.37. The predicted molar refractivity (Wildman–Crippen MR) is 95.4 cm³/mol. The molecule has 1 saturated heterocycles. The number of nitrogens with zero attached hydrogens (tertiary/aromatic N) is 4. The molecule has 1 fully saturated rings. The van der Waals surface area contributed by atoms with Gasteiger partial charge in [0, 0.05) is 63.8 Å². The predicted octanol–water partition coefficient (Wildman–Crippen LogP) is 1.70. The number of hydrogen-bond donors (Lipinski definition) is 1. The highest BCUT2D eigenvalue weighted by Crippen LogP contribution is 2.31. The van der Waals surface area contributed by atoms with E-state index >= 15 is 0 Å². The molecule has 1 aliphatic heterocycles. The molecule has 6 heteroatoms. The highest BCUT2D eigenvalue weighted by molar-refractivity contribution is 5.36. The van der Waals surface area contributed by atoms with E-state index in [1.54, 1.807) is 7.11 Å². The van der Waals surface area contributed by atoms with Crippen molar-refractivity contribution < 1.29 is 4.74 Å². The molecule has 1 atom stereocenters. The summed E-state index contributed by atoms with van der Waals surface area (Å²) in [5, 5.41) is 3.49. The maximum absolute atomic E-state index is 5.55. The number of aromatic nitrogens is 2. The molecule has 1 aromatic heterocycles. The van der Waals surface area contributed by atoms with Gasteiger partial charge < -0.3 is 15.0 Å². The number of para-hydroxylation sites is 1. The Morgan fingerprint density at radius 2 is 2.00 bits per heavy atom. The van der Waals surface area contributed by atoms with Gasteiger partial charge in [-0.1, -0.05) is 18.2 Å². The maximum atomic E-state index is 5.55. The van der Waals surface area contributed by atoms with Crippen molar-refractivity contribution in [1.29, 1.82) is 0 Å². The smallest absolute Gasteiger partial charge is 0.224 e. The summed E-state index contributed by atoms with van der Waals surface area (Å²) in [7, 11) is 5.62. The molecule has 0 aliphatic carbocycles. The van der Waals surface area contributed by atoms with E-state index in [0.29, 0.717) is 0 Å². The third kappa shape index (κ3) is 3.66. The van der Waals surface area contributed by atoms with Crippen LogP contribution in [0.25, 0.3) is 0 Å². The van der Waals surface area contributed by atoms with Gasteiger partial charge in [0.1, 0.15) is 5.75 Å². The zero-order chi connectivity index (χ0) is 16.9. The van der Waals surface area contributed by atoms with Gasteiger partial charge in [-0.2, -0.15) is 0 Å². The summed E-state index contributed by atoms with van der Waals surface area (Å²) in [6.45, 7) is 3.72. The topological polar surface area (TPSA) is 53.5 Å². The largest absolute Gasteiger partial charge is 0.496 e. The zero-order valence-corrected chi connectivity index (χ0v) is 14.6. The van der Waals surface area contributed by atoms with Crippen molar-refractivity contribution in [2.75, 3.05) is 45.7 Å². The minimum absolute atomic E-state index is 0.281. The third-order valence-corrected chi connectivity index (χ3v) is 4.33. The lowest BCUT2D eigenvalue weighted by molar-refractivity contribution is 0.150. The maximum Gasteiger partial charge on any atom is 0.224 e. The van der Waals surface area contributed by atoms with Crippen molar-refractivity contribution in [2.45, 2.75) is 12.6 Å². The van der Waals surface area contributed by atoms with Crippen molar-refractivity contribution in [3.8, 4) is 5.75 Å². The van der Waals surface area contributed by atoms with E-state index in [1.165, 1.54) is 5.56 Å². The van der Waals surface area contributed by atoms with Crippen LogP contribution in [0.5, 0.6) is 5.75 Å². The minimum Gasteiger partial charge on any atom is -0.496 e. The van der Waals surface area contributed by atoms with Gasteiger partial charge in [0.15, 0.2) is 0 Å². The number of benzene rings is 1. The molecule has 6 nitrogen and oxygen atoms in total. The van der Waals surface area contributed by atoms with Crippen LogP contribution in [0.1, 0.15) is 17.2 Å². The summed E-state index contributed by atoms with van der Waals surface area (Å²) < 4.78 is 5.55. The van der Waals surface area contributed by atoms with Crippen LogP contribution in [-0.2, 0) is 6.54 Å². The molecule has 0 spiro atoms. The first-order valence-electron chi connectivity index (χ1n) is 8.25. The first kappa shape index (κ1) is 16.7. The van der Waals surface area contributed by atoms with Gasteiger partial charge in [0.05, 0.1) is 13.2 Å². The second-order valence-corrected chi connectivity index (χ2v) is 6.22. The SMILES string of the molecule is COc1ccccc1[C@@H]1CNCCN1Cc1cnc(N(C)C)nc1. The van der Waals surface area contributed by atoms with Crippen LogP contribution >= 0.6 is 0 Å². The first-order valence-corrected chi connectivity index (χ1v) is 8.25. The molecule has 1 aromatic carbocycles. The van der Waals surface area contributed by atoms with Crippen LogP contribution < -0.4 is 15.0 Å². The molecule has 1 N–H and O–H groups in total. The van der Waals surface area contributed by atoms with Crippen molar-refractivity contribution in [1.82, 2.24) is 20.2 Å². The fourth-order valence-electron chi connectivity index (χ4n) is 3.08. The van der Waals surface area contributed by atoms with Gasteiger partial charge in [-0.3, -0.25) is 4.90 Å². The first-order chi connectivity index (χ1) is 11.7. The monoisotopic (exact) mass is 327 g/mol. The summed E-state index contributed by atoms with van der Waals surface area (Å²) in [5.41, 5.74) is 2.35. The van der Waals surface area contributed by atoms with Crippen molar-refractivity contribution in [2.24, 2.45) is 0 Å². The average Bonchev–Trinajstić information content (AvgIpc) is 2.62. The summed E-state index contributed by atoms with van der Waals surface area (Å²) in [5.74, 6) is 1.68. The molecule has 3 rings (SSSR count). The van der Waals surface area contributed by atoms with Crippen LogP contribution in [0.3, 0.4) is 0 Å². The van der Waals surface area contributed by atoms with Gasteiger partial charge in [0.2, 0.25) is 5.95 Å². The highest BCUT2D eigenvalue weighted by atomic mass is 16.5. The van der Waals surface area contributed by atoms with Crippen LogP contribution in [0.15, 0.2) is 36.7 Å². The minimum atomic E-state index is 0.281. The molecule has 2 heterocycles. The Balaban J connectivity index is 1.79. The number of rotatable bonds is 5. The van der Waals surface area contributed by atoms with Crippen LogP contribution in [0, 0.1) is 0 Å². The van der Waals surface area contributed by atoms with Crippen molar-refractivity contribution in [3.05, 3.63) is 47.8 Å². The van der Waals surface area contributed by atoms with Gasteiger partial charge in [-0.15, -0.1) is 0 Å². The van der Waals surface area contributed by atoms with Gasteiger partial charge >= 0.3 is 0 Å². The molecule has 0 unspecified atom stereocenters. The second kappa shape index (κ2) is 7.59. The van der Waals surface area contributed by atoms with Crippen LogP contribution in [-0.4, -0.2) is 55.7 Å². The Labute approximate surface area is 143 Å². The molecule has 2 aromatic rings. The van der Waals surface area contributed by atoms with E-state index in [-0.39, 0.29) is 6.04 Å². The van der Waals surface area contributed by atoms with Crippen LogP contribution in [0.4, 0.5) is 5.95 Å². The van der Waals surface area contributed by atoms with E-state index < -0.39 is 0 Å². The second-order valence-electron chi connectivity index (χ2n) is 6.22. The highest BCUT2D eigenvalue weighted by Gasteiger charge is 2.26. The number of nitrogens with one attached hydrogen (secondary N) is 1. The molecule has 0 bridgehead atoms. The standard InChI is InChI=1S/C18H25N5O/c1-22(2)18-20-10-14(11-21-18)13-23-9-8-19-12-16(23)15-6-4-5-7-17(15)24-3/h4-7,10-11,16,19H,8-9,12-13H2,1-3H3/t16-/m0/s1. The van der Waals surface area contributed by atoms with Crippen LogP contribution in [0.2, 0.25) is 0 Å². The molecule has 1 aliphatic rings. The van der Waals surface area contributed by atoms with Crippen molar-refractivity contribution >= 4 is 5.95 Å². The number of ether oxygens (including phenoxy) is 1. The molecule has 0 radical (unpaired) electrons. The molecule has 128 valence electrons.